The second kappa shape index (κ2) is 15.9. The summed E-state index contributed by atoms with van der Waals surface area (Å²) < 4.78 is 20.3. The zero-order chi connectivity index (χ0) is 31.5. The fraction of sp³-hybridized carbons (Fsp3) is 0.333. The number of halogens is 1. The number of aliphatic imine (C=N–C) groups is 2. The molecule has 2 aromatic rings. The van der Waals surface area contributed by atoms with E-state index >= 15 is 0 Å². The Morgan fingerprint density at radius 3 is 2.73 bits per heavy atom. The summed E-state index contributed by atoms with van der Waals surface area (Å²) in [7, 11) is 0. The van der Waals surface area contributed by atoms with Gasteiger partial charge < -0.3 is 29.5 Å². The number of nitrogens with one attached hydrogen (secondary N) is 1. The van der Waals surface area contributed by atoms with E-state index in [-0.39, 0.29) is 24.2 Å². The van der Waals surface area contributed by atoms with Crippen LogP contribution in [0.2, 0.25) is 0 Å². The lowest BCUT2D eigenvalue weighted by atomic mass is 10.0. The smallest absolute Gasteiger partial charge is 0.410 e. The molecule has 0 aromatic heterocycles. The van der Waals surface area contributed by atoms with E-state index in [0.717, 1.165) is 23.9 Å². The van der Waals surface area contributed by atoms with Gasteiger partial charge >= 0.3 is 12.1 Å². The van der Waals surface area contributed by atoms with Crippen molar-refractivity contribution < 1.29 is 28.8 Å². The van der Waals surface area contributed by atoms with Gasteiger partial charge in [-0.25, -0.2) is 9.59 Å². The van der Waals surface area contributed by atoms with Crippen LogP contribution in [-0.4, -0.2) is 93.1 Å². The van der Waals surface area contributed by atoms with E-state index in [1.54, 1.807) is 12.1 Å². The molecule has 2 aliphatic rings. The van der Waals surface area contributed by atoms with Gasteiger partial charge in [0, 0.05) is 43.7 Å². The maximum absolute atomic E-state index is 13.2. The number of carbonyl (C=O) groups excluding carboxylic acids is 3. The number of anilines is 1. The molecular formula is C30H29BrN6O6S. The molecule has 14 heteroatoms. The van der Waals surface area contributed by atoms with Crippen molar-refractivity contribution in [2.75, 3.05) is 31.2 Å². The Kier molecular flexibility index (Phi) is 11.8. The van der Waals surface area contributed by atoms with Gasteiger partial charge in [-0.2, -0.15) is 9.98 Å². The number of benzene rings is 2. The molecule has 2 N–H and O–H groups in total. The summed E-state index contributed by atoms with van der Waals surface area (Å²) in [6, 6.07) is 12.2. The van der Waals surface area contributed by atoms with Crippen LogP contribution >= 0.6 is 15.9 Å². The third-order valence-electron chi connectivity index (χ3n) is 6.91. The van der Waals surface area contributed by atoms with Gasteiger partial charge in [-0.1, -0.05) is 24.3 Å². The lowest BCUT2D eigenvalue weighted by Crippen LogP contribution is -2.50. The molecule has 1 unspecified atom stereocenters. The van der Waals surface area contributed by atoms with Gasteiger partial charge in [0.05, 0.1) is 16.5 Å². The third kappa shape index (κ3) is 9.31. The quantitative estimate of drug-likeness (QED) is 0.257. The Labute approximate surface area is 265 Å². The highest BCUT2D eigenvalue weighted by Gasteiger charge is 2.33. The predicted octanol–water partition coefficient (Wildman–Crippen LogP) is 3.81. The monoisotopic (exact) mass is 680 g/mol. The number of likely N-dealkylation sites (tertiary alicyclic amines) is 1. The van der Waals surface area contributed by atoms with E-state index in [1.165, 1.54) is 17.2 Å². The Hall–Kier alpha value is -4.37. The molecular weight excluding hydrogens is 652 g/mol. The average Bonchev–Trinajstić information content (AvgIpc) is 3.17. The van der Waals surface area contributed by atoms with Crippen LogP contribution in [0.25, 0.3) is 0 Å². The van der Waals surface area contributed by atoms with Crippen LogP contribution < -0.4 is 5.32 Å². The van der Waals surface area contributed by atoms with Crippen LogP contribution in [0.15, 0.2) is 73.3 Å². The summed E-state index contributed by atoms with van der Waals surface area (Å²) in [5.41, 5.74) is 4.94. The summed E-state index contributed by atoms with van der Waals surface area (Å²) in [4.78, 5) is 49.7. The van der Waals surface area contributed by atoms with Crippen molar-refractivity contribution in [2.45, 2.75) is 37.8 Å². The molecule has 44 heavy (non-hydrogen) atoms. The molecule has 1 fully saturated rings. The number of hydrogen-bond acceptors (Lipinski definition) is 8. The Morgan fingerprint density at radius 1 is 1.20 bits per heavy atom. The lowest BCUT2D eigenvalue weighted by Gasteiger charge is -2.37. The van der Waals surface area contributed by atoms with Crippen molar-refractivity contribution in [1.82, 2.24) is 9.80 Å². The van der Waals surface area contributed by atoms with Gasteiger partial charge in [0.1, 0.15) is 29.2 Å². The molecule has 4 rings (SSSR count). The van der Waals surface area contributed by atoms with Gasteiger partial charge in [-0.05, 0) is 74.6 Å². The summed E-state index contributed by atoms with van der Waals surface area (Å²) in [5, 5.41) is 12.8. The Bertz CT molecular complexity index is 1600. The zero-order valence-electron chi connectivity index (χ0n) is 23.7. The molecule has 2 heterocycles. The molecule has 1 saturated heterocycles. The van der Waals surface area contributed by atoms with Gasteiger partial charge in [0.15, 0.2) is 6.10 Å². The minimum atomic E-state index is -1.43. The number of urea groups is 1. The zero-order valence-corrected chi connectivity index (χ0v) is 26.1. The molecule has 0 aliphatic carbocycles. The second-order valence-corrected chi connectivity index (χ2v) is 11.7. The van der Waals surface area contributed by atoms with E-state index < -0.39 is 29.5 Å². The lowest BCUT2D eigenvalue weighted by molar-refractivity contribution is -0.126. The first-order chi connectivity index (χ1) is 21.2. The number of phenols is 1. The topological polar surface area (TPSA) is 159 Å². The van der Waals surface area contributed by atoms with Crippen molar-refractivity contribution in [3.63, 3.8) is 0 Å². The van der Waals surface area contributed by atoms with E-state index in [4.69, 9.17) is 4.74 Å². The number of amides is 4. The molecule has 4 amide bonds. The first-order valence-electron chi connectivity index (χ1n) is 13.6. The summed E-state index contributed by atoms with van der Waals surface area (Å²) in [5.74, 6) is 6.05. The number of phenolic OH excluding ortho intramolecular Hbond substituents is 1. The number of hydrogen-bond donors (Lipinski definition) is 2. The highest BCUT2D eigenvalue weighted by atomic mass is 79.9. The van der Waals surface area contributed by atoms with Crippen LogP contribution in [0.5, 0.6) is 5.75 Å². The number of fused-ring (bicyclic) bond motifs is 1. The van der Waals surface area contributed by atoms with E-state index in [0.29, 0.717) is 42.5 Å². The average molecular weight is 682 g/mol. The van der Waals surface area contributed by atoms with Crippen LogP contribution in [0.1, 0.15) is 24.0 Å². The van der Waals surface area contributed by atoms with E-state index in [2.05, 4.69) is 59.0 Å². The minimum Gasteiger partial charge on any atom is -0.591 e. The van der Waals surface area contributed by atoms with Gasteiger partial charge in [-0.15, -0.1) is 0 Å². The van der Waals surface area contributed by atoms with Gasteiger partial charge in [0.2, 0.25) is 0 Å². The molecule has 2 aromatic carbocycles. The standard InChI is InChI=1S/C30H29BrN6O6S/c1-44(42)34-15-14-32-12-4-13-33-28(39)27(20-21-7-8-26(38)24(31)19-21)43-30(41)36-16-10-23(11-17-36)37-18-9-22-5-2-3-6-25(22)35-29(37)40/h2-3,5-8,12,19,23,27,38H,9-11,16-18,20H2,1H3,(H,35,40)/t27-,44?/m1/s1. The van der Waals surface area contributed by atoms with Crippen molar-refractivity contribution in [3.8, 4) is 5.75 Å². The Balaban J connectivity index is 1.40. The molecule has 0 spiro atoms. The van der Waals surface area contributed by atoms with Gasteiger partial charge in [0.25, 0.3) is 5.91 Å². The molecule has 0 saturated carbocycles. The number of piperidine rings is 1. The maximum Gasteiger partial charge on any atom is 0.410 e. The summed E-state index contributed by atoms with van der Waals surface area (Å²) in [6.45, 7) is 1.27. The largest absolute Gasteiger partial charge is 0.591 e. The molecule has 2 atom stereocenters. The number of aromatic hydroxyl groups is 1. The van der Waals surface area contributed by atoms with Crippen LogP contribution in [0.4, 0.5) is 15.3 Å². The van der Waals surface area contributed by atoms with Crippen molar-refractivity contribution in [2.24, 2.45) is 14.4 Å². The number of nitrogens with zero attached hydrogens (tertiary/aromatic N) is 5. The maximum atomic E-state index is 13.2. The number of ether oxygens (including phenoxy) is 1. The van der Waals surface area contributed by atoms with Crippen molar-refractivity contribution in [1.29, 1.82) is 0 Å². The summed E-state index contributed by atoms with van der Waals surface area (Å²) in [6.07, 6.45) is 2.35. The molecule has 12 nitrogen and oxygen atoms in total. The SMILES string of the molecule is C[S+]([O-])N=C=C=NC=C=C=NC(=O)[C@@H](Cc1ccc(O)c(Br)c1)OC(=O)N1CCC(N2CCc3ccccc3NC2=O)CC1. The fourth-order valence-electron chi connectivity index (χ4n) is 4.73. The highest BCUT2D eigenvalue weighted by Crippen LogP contribution is 2.27. The van der Waals surface area contributed by atoms with Crippen LogP contribution in [-0.2, 0) is 33.7 Å². The number of rotatable bonds is 7. The predicted molar refractivity (Wildman–Crippen MR) is 170 cm³/mol. The molecule has 0 bridgehead atoms. The first-order valence-corrected chi connectivity index (χ1v) is 15.9. The van der Waals surface area contributed by atoms with Crippen molar-refractivity contribution in [3.05, 3.63) is 70.0 Å². The Morgan fingerprint density at radius 2 is 1.98 bits per heavy atom. The van der Waals surface area contributed by atoms with Crippen LogP contribution in [0, 0.1) is 0 Å². The molecule has 228 valence electrons. The molecule has 0 radical (unpaired) electrons. The number of carbonyl (C=O) groups is 3. The third-order valence-corrected chi connectivity index (χ3v) is 7.89. The second-order valence-electron chi connectivity index (χ2n) is 9.81. The van der Waals surface area contributed by atoms with Gasteiger partial charge in [-0.3, -0.25) is 4.79 Å². The van der Waals surface area contributed by atoms with E-state index in [9.17, 15) is 24.0 Å². The minimum absolute atomic E-state index is 0.00513. The van der Waals surface area contributed by atoms with E-state index in [1.807, 2.05) is 29.2 Å². The fourth-order valence-corrected chi connectivity index (χ4v) is 5.33. The summed E-state index contributed by atoms with van der Waals surface area (Å²) >= 11 is 1.82. The van der Waals surface area contributed by atoms with Crippen LogP contribution in [0.3, 0.4) is 0 Å². The first kappa shape index (κ1) is 32.5. The number of para-hydroxylation sites is 1. The normalized spacial score (nSPS) is 15.8. The molecule has 2 aliphatic heterocycles. The van der Waals surface area contributed by atoms with Crippen molar-refractivity contribution >= 4 is 68.6 Å². The highest BCUT2D eigenvalue weighted by molar-refractivity contribution is 9.10.